The summed E-state index contributed by atoms with van der Waals surface area (Å²) in [6.45, 7) is 1.80. The summed E-state index contributed by atoms with van der Waals surface area (Å²) in [7, 11) is 0. The summed E-state index contributed by atoms with van der Waals surface area (Å²) < 4.78 is 5.67. The zero-order valence-electron chi connectivity index (χ0n) is 6.42. The van der Waals surface area contributed by atoms with E-state index >= 15 is 0 Å². The summed E-state index contributed by atoms with van der Waals surface area (Å²) in [5, 5.41) is 0. The van der Waals surface area contributed by atoms with Crippen LogP contribution in [0.3, 0.4) is 0 Å². The molecule has 63 valence electrons. The topological polar surface area (TPSA) is 26.3 Å². The van der Waals surface area contributed by atoms with Gasteiger partial charge >= 0.3 is 6.47 Å². The van der Waals surface area contributed by atoms with Crippen LogP contribution in [0, 0.1) is 3.57 Å². The molecule has 0 saturated heterocycles. The normalized spacial score (nSPS) is 9.42. The van der Waals surface area contributed by atoms with Gasteiger partial charge in [-0.25, -0.2) is 4.79 Å². The van der Waals surface area contributed by atoms with E-state index in [2.05, 4.69) is 27.3 Å². The highest BCUT2D eigenvalue weighted by Gasteiger charge is 1.92. The van der Waals surface area contributed by atoms with Gasteiger partial charge in [-0.1, -0.05) is 12.1 Å². The van der Waals surface area contributed by atoms with Crippen molar-refractivity contribution < 1.29 is 9.53 Å². The van der Waals surface area contributed by atoms with Crippen molar-refractivity contribution >= 4 is 29.1 Å². The maximum atomic E-state index is 9.70. The molecular weight excluding hydrogens is 267 g/mol. The van der Waals surface area contributed by atoms with E-state index in [1.165, 1.54) is 15.6 Å². The third-order valence-corrected chi connectivity index (χ3v) is 2.18. The van der Waals surface area contributed by atoms with Crippen LogP contribution in [0.15, 0.2) is 24.3 Å². The molecule has 1 aromatic rings. The van der Waals surface area contributed by atoms with Crippen LogP contribution in [0.4, 0.5) is 0 Å². The summed E-state index contributed by atoms with van der Waals surface area (Å²) in [5.74, 6) is 0. The van der Waals surface area contributed by atoms with Crippen molar-refractivity contribution in [2.24, 2.45) is 0 Å². The molecule has 1 aromatic carbocycles. The Morgan fingerprint density at radius 3 is 2.58 bits per heavy atom. The van der Waals surface area contributed by atoms with Crippen molar-refractivity contribution in [3.8, 4) is 0 Å². The van der Waals surface area contributed by atoms with Crippen LogP contribution in [0.5, 0.6) is 0 Å². The molecule has 0 aliphatic carbocycles. The number of benzene rings is 1. The number of ether oxygens (including phenoxy) is 1. The Hall–Kier alpha value is -0.580. The van der Waals surface area contributed by atoms with Gasteiger partial charge in [-0.3, -0.25) is 0 Å². The van der Waals surface area contributed by atoms with Gasteiger partial charge in [0.15, 0.2) is 0 Å². The maximum absolute atomic E-state index is 9.70. The highest BCUT2D eigenvalue weighted by atomic mass is 127. The van der Waals surface area contributed by atoms with Crippen molar-refractivity contribution in [2.75, 3.05) is 6.61 Å². The summed E-state index contributed by atoms with van der Waals surface area (Å²) in [5.41, 5.74) is 1.17. The molecule has 3 heteroatoms. The smallest absolute Gasteiger partial charge is 0.417 e. The highest BCUT2D eigenvalue weighted by Crippen LogP contribution is 2.06. The lowest BCUT2D eigenvalue weighted by molar-refractivity contribution is 0.282. The SMILES string of the molecule is O=[C]OCCc1ccc(I)cc1. The van der Waals surface area contributed by atoms with Gasteiger partial charge in [0.25, 0.3) is 0 Å². The van der Waals surface area contributed by atoms with Crippen molar-refractivity contribution in [2.45, 2.75) is 6.42 Å². The number of carbonyl (C=O) groups excluding carboxylic acids is 1. The fraction of sp³-hybridized carbons (Fsp3) is 0.222. The molecule has 12 heavy (non-hydrogen) atoms. The van der Waals surface area contributed by atoms with Crippen LogP contribution in [0.1, 0.15) is 5.56 Å². The number of rotatable bonds is 4. The number of hydrogen-bond donors (Lipinski definition) is 0. The molecule has 1 rings (SSSR count). The fourth-order valence-corrected chi connectivity index (χ4v) is 1.22. The maximum Gasteiger partial charge on any atom is 0.417 e. The predicted molar refractivity (Wildman–Crippen MR) is 54.5 cm³/mol. The van der Waals surface area contributed by atoms with Gasteiger partial charge in [-0.2, -0.15) is 0 Å². The van der Waals surface area contributed by atoms with E-state index < -0.39 is 0 Å². The molecule has 0 aliphatic heterocycles. The first-order chi connectivity index (χ1) is 5.83. The zero-order valence-corrected chi connectivity index (χ0v) is 8.58. The third-order valence-electron chi connectivity index (χ3n) is 1.46. The first-order valence-electron chi connectivity index (χ1n) is 3.56. The largest absolute Gasteiger partial charge is 0.457 e. The van der Waals surface area contributed by atoms with E-state index in [0.29, 0.717) is 6.61 Å². The second kappa shape index (κ2) is 5.13. The van der Waals surface area contributed by atoms with Crippen LogP contribution >= 0.6 is 22.6 Å². The van der Waals surface area contributed by atoms with Crippen LogP contribution in [-0.2, 0) is 16.0 Å². The Kier molecular flexibility index (Phi) is 4.07. The molecule has 0 fully saturated rings. The first-order valence-corrected chi connectivity index (χ1v) is 4.64. The molecule has 0 heterocycles. The van der Waals surface area contributed by atoms with Gasteiger partial charge in [0.1, 0.15) is 0 Å². The molecular formula is C9H8IO2. The minimum Gasteiger partial charge on any atom is -0.457 e. The van der Waals surface area contributed by atoms with Crippen molar-refractivity contribution in [3.63, 3.8) is 0 Å². The average Bonchev–Trinajstić information content (AvgIpc) is 2.09. The van der Waals surface area contributed by atoms with E-state index in [9.17, 15) is 4.79 Å². The van der Waals surface area contributed by atoms with E-state index in [1.807, 2.05) is 24.3 Å². The van der Waals surface area contributed by atoms with Crippen molar-refractivity contribution in [3.05, 3.63) is 33.4 Å². The molecule has 0 N–H and O–H groups in total. The summed E-state index contributed by atoms with van der Waals surface area (Å²) in [6.07, 6.45) is 0.756. The standard InChI is InChI=1S/C9H8IO2/c10-9-3-1-8(2-4-9)5-6-12-7-11/h1-4H,5-6H2. The Morgan fingerprint density at radius 1 is 1.33 bits per heavy atom. The molecule has 0 spiro atoms. The highest BCUT2D eigenvalue weighted by molar-refractivity contribution is 14.1. The molecule has 2 nitrogen and oxygen atoms in total. The average molecular weight is 275 g/mol. The van der Waals surface area contributed by atoms with Gasteiger partial charge in [0.2, 0.25) is 0 Å². The monoisotopic (exact) mass is 275 g/mol. The van der Waals surface area contributed by atoms with E-state index in [1.54, 1.807) is 0 Å². The number of hydrogen-bond acceptors (Lipinski definition) is 2. The van der Waals surface area contributed by atoms with Crippen molar-refractivity contribution in [1.82, 2.24) is 0 Å². The summed E-state index contributed by atoms with van der Waals surface area (Å²) in [4.78, 5) is 9.70. The van der Waals surface area contributed by atoms with Gasteiger partial charge in [-0.15, -0.1) is 0 Å². The second-order valence-corrected chi connectivity index (χ2v) is 3.55. The van der Waals surface area contributed by atoms with Crippen LogP contribution in [0.25, 0.3) is 0 Å². The molecule has 0 unspecified atom stereocenters. The molecule has 0 bridgehead atoms. The Balaban J connectivity index is 2.42. The van der Waals surface area contributed by atoms with Gasteiger partial charge < -0.3 is 4.74 Å². The third kappa shape index (κ3) is 3.21. The summed E-state index contributed by atoms with van der Waals surface area (Å²) >= 11 is 2.25. The van der Waals surface area contributed by atoms with E-state index in [0.717, 1.165) is 6.42 Å². The minimum atomic E-state index is 0.407. The molecule has 0 amide bonds. The predicted octanol–water partition coefficient (Wildman–Crippen LogP) is 1.92. The second-order valence-electron chi connectivity index (χ2n) is 2.31. The minimum absolute atomic E-state index is 0.407. The van der Waals surface area contributed by atoms with Crippen LogP contribution in [-0.4, -0.2) is 13.1 Å². The van der Waals surface area contributed by atoms with E-state index in [-0.39, 0.29) is 0 Å². The van der Waals surface area contributed by atoms with Crippen LogP contribution in [0.2, 0.25) is 0 Å². The Labute approximate surface area is 85.1 Å². The lowest BCUT2D eigenvalue weighted by Gasteiger charge is -1.98. The molecule has 1 radical (unpaired) electrons. The Morgan fingerprint density at radius 2 is 2.00 bits per heavy atom. The summed E-state index contributed by atoms with van der Waals surface area (Å²) in [6, 6.07) is 8.10. The van der Waals surface area contributed by atoms with Gasteiger partial charge in [-0.05, 0) is 40.3 Å². The lowest BCUT2D eigenvalue weighted by atomic mass is 10.2. The molecule has 0 aromatic heterocycles. The molecule has 0 saturated carbocycles. The molecule has 0 atom stereocenters. The fourth-order valence-electron chi connectivity index (χ4n) is 0.862. The quantitative estimate of drug-likeness (QED) is 0.620. The number of halogens is 1. The van der Waals surface area contributed by atoms with E-state index in [4.69, 9.17) is 0 Å². The lowest BCUT2D eigenvalue weighted by Crippen LogP contribution is -1.96. The van der Waals surface area contributed by atoms with Gasteiger partial charge in [0, 0.05) is 9.99 Å². The molecule has 0 aliphatic rings. The van der Waals surface area contributed by atoms with Crippen LogP contribution < -0.4 is 0 Å². The van der Waals surface area contributed by atoms with Crippen molar-refractivity contribution in [1.29, 1.82) is 0 Å². The zero-order chi connectivity index (χ0) is 8.81. The first kappa shape index (κ1) is 9.51. The Bertz CT molecular complexity index is 243. The van der Waals surface area contributed by atoms with Gasteiger partial charge in [0.05, 0.1) is 6.61 Å².